The SMILES string of the molecule is CCC1CCCCN1/C=C(/C#N)C(=O)Nc1ccc(N)cc1Cl. The van der Waals surface area contributed by atoms with Crippen LogP contribution in [0.3, 0.4) is 0 Å². The molecule has 1 aromatic carbocycles. The van der Waals surface area contributed by atoms with Crippen molar-refractivity contribution < 1.29 is 4.79 Å². The van der Waals surface area contributed by atoms with Gasteiger partial charge in [0.05, 0.1) is 10.7 Å². The van der Waals surface area contributed by atoms with Crippen molar-refractivity contribution in [2.24, 2.45) is 0 Å². The Hall–Kier alpha value is -2.19. The van der Waals surface area contributed by atoms with Gasteiger partial charge in [0.1, 0.15) is 11.6 Å². The number of likely N-dealkylation sites (tertiary alicyclic amines) is 1. The lowest BCUT2D eigenvalue weighted by molar-refractivity contribution is -0.112. The van der Waals surface area contributed by atoms with Crippen molar-refractivity contribution in [3.8, 4) is 6.07 Å². The number of carbonyl (C=O) groups excluding carboxylic acids is 1. The van der Waals surface area contributed by atoms with E-state index in [0.717, 1.165) is 25.8 Å². The highest BCUT2D eigenvalue weighted by molar-refractivity contribution is 6.34. The third-order valence-electron chi connectivity index (χ3n) is 4.05. The van der Waals surface area contributed by atoms with E-state index < -0.39 is 5.91 Å². The Kier molecular flexibility index (Phi) is 5.89. The molecule has 0 radical (unpaired) electrons. The Balaban J connectivity index is 2.14. The molecule has 23 heavy (non-hydrogen) atoms. The van der Waals surface area contributed by atoms with Gasteiger partial charge in [-0.05, 0) is 43.9 Å². The number of nitrogens with one attached hydrogen (secondary N) is 1. The number of nitriles is 1. The number of hydrogen-bond acceptors (Lipinski definition) is 4. The maximum absolute atomic E-state index is 12.3. The third kappa shape index (κ3) is 4.40. The van der Waals surface area contributed by atoms with Crippen LogP contribution in [0.15, 0.2) is 30.0 Å². The van der Waals surface area contributed by atoms with Crippen LogP contribution in [0, 0.1) is 11.3 Å². The normalized spacial score (nSPS) is 18.4. The van der Waals surface area contributed by atoms with Crippen molar-refractivity contribution in [3.05, 3.63) is 35.0 Å². The first kappa shape index (κ1) is 17.2. The summed E-state index contributed by atoms with van der Waals surface area (Å²) in [5, 5.41) is 12.3. The average Bonchev–Trinajstić information content (AvgIpc) is 2.55. The summed E-state index contributed by atoms with van der Waals surface area (Å²) in [6.45, 7) is 3.00. The summed E-state index contributed by atoms with van der Waals surface area (Å²) in [6.07, 6.45) is 6.04. The Morgan fingerprint density at radius 1 is 1.57 bits per heavy atom. The van der Waals surface area contributed by atoms with Gasteiger partial charge in [-0.3, -0.25) is 4.79 Å². The van der Waals surface area contributed by atoms with E-state index in [0.29, 0.717) is 22.4 Å². The number of rotatable bonds is 4. The quantitative estimate of drug-likeness (QED) is 0.502. The highest BCUT2D eigenvalue weighted by atomic mass is 35.5. The summed E-state index contributed by atoms with van der Waals surface area (Å²) in [5.74, 6) is -0.459. The summed E-state index contributed by atoms with van der Waals surface area (Å²) < 4.78 is 0. The average molecular weight is 333 g/mol. The number of halogens is 1. The molecule has 0 bridgehead atoms. The van der Waals surface area contributed by atoms with Crippen molar-refractivity contribution in [1.29, 1.82) is 5.26 Å². The zero-order chi connectivity index (χ0) is 16.8. The molecule has 0 aliphatic carbocycles. The molecule has 2 rings (SSSR count). The molecule has 1 heterocycles. The van der Waals surface area contributed by atoms with Gasteiger partial charge in [0.2, 0.25) is 0 Å². The van der Waals surface area contributed by atoms with Crippen molar-refractivity contribution in [2.45, 2.75) is 38.6 Å². The fourth-order valence-corrected chi connectivity index (χ4v) is 2.99. The summed E-state index contributed by atoms with van der Waals surface area (Å²) >= 11 is 6.05. The molecule has 0 spiro atoms. The molecule has 1 atom stereocenters. The summed E-state index contributed by atoms with van der Waals surface area (Å²) in [6, 6.07) is 7.21. The fraction of sp³-hybridized carbons (Fsp3) is 0.412. The second-order valence-electron chi connectivity index (χ2n) is 5.64. The smallest absolute Gasteiger partial charge is 0.267 e. The lowest BCUT2D eigenvalue weighted by Gasteiger charge is -2.34. The Labute approximate surface area is 141 Å². The largest absolute Gasteiger partial charge is 0.399 e. The molecule has 1 aliphatic rings. The molecule has 1 aromatic rings. The molecule has 1 amide bonds. The number of hydrogen-bond donors (Lipinski definition) is 2. The lowest BCUT2D eigenvalue weighted by Crippen LogP contribution is -2.35. The number of nitrogen functional groups attached to an aromatic ring is 1. The van der Waals surface area contributed by atoms with Gasteiger partial charge in [0.15, 0.2) is 0 Å². The molecule has 1 saturated heterocycles. The van der Waals surface area contributed by atoms with Gasteiger partial charge in [0, 0.05) is 24.5 Å². The number of carbonyl (C=O) groups is 1. The Bertz CT molecular complexity index is 650. The van der Waals surface area contributed by atoms with Crippen LogP contribution in [0.4, 0.5) is 11.4 Å². The molecule has 0 aromatic heterocycles. The summed E-state index contributed by atoms with van der Waals surface area (Å²) in [5.41, 5.74) is 6.67. The molecule has 3 N–H and O–H groups in total. The highest BCUT2D eigenvalue weighted by Gasteiger charge is 2.20. The first-order valence-electron chi connectivity index (χ1n) is 7.79. The van der Waals surface area contributed by atoms with E-state index in [1.807, 2.05) is 6.07 Å². The number of nitrogens with two attached hydrogens (primary N) is 1. The van der Waals surface area contributed by atoms with Crippen molar-refractivity contribution in [1.82, 2.24) is 4.90 Å². The topological polar surface area (TPSA) is 82.2 Å². The maximum Gasteiger partial charge on any atom is 0.267 e. The van der Waals surface area contributed by atoms with Gasteiger partial charge in [-0.25, -0.2) is 0 Å². The van der Waals surface area contributed by atoms with E-state index in [1.54, 1.807) is 24.4 Å². The van der Waals surface area contributed by atoms with Crippen LogP contribution in [-0.4, -0.2) is 23.4 Å². The second kappa shape index (κ2) is 7.89. The van der Waals surface area contributed by atoms with Crippen LogP contribution in [0.5, 0.6) is 0 Å². The van der Waals surface area contributed by atoms with Gasteiger partial charge in [-0.15, -0.1) is 0 Å². The zero-order valence-electron chi connectivity index (χ0n) is 13.2. The van der Waals surface area contributed by atoms with Crippen molar-refractivity contribution in [2.75, 3.05) is 17.6 Å². The minimum atomic E-state index is -0.459. The minimum Gasteiger partial charge on any atom is -0.399 e. The van der Waals surface area contributed by atoms with E-state index in [1.165, 1.54) is 6.42 Å². The summed E-state index contributed by atoms with van der Waals surface area (Å²) in [7, 11) is 0. The third-order valence-corrected chi connectivity index (χ3v) is 4.36. The van der Waals surface area contributed by atoms with E-state index in [2.05, 4.69) is 17.1 Å². The lowest BCUT2D eigenvalue weighted by atomic mass is 10.0. The summed E-state index contributed by atoms with van der Waals surface area (Å²) in [4.78, 5) is 14.4. The Morgan fingerprint density at radius 3 is 3.00 bits per heavy atom. The van der Waals surface area contributed by atoms with E-state index in [4.69, 9.17) is 17.3 Å². The molecule has 1 unspecified atom stereocenters. The fourth-order valence-electron chi connectivity index (χ4n) is 2.76. The second-order valence-corrected chi connectivity index (χ2v) is 6.05. The van der Waals surface area contributed by atoms with Gasteiger partial charge in [0.25, 0.3) is 5.91 Å². The van der Waals surface area contributed by atoms with E-state index in [9.17, 15) is 10.1 Å². The monoisotopic (exact) mass is 332 g/mol. The predicted molar refractivity (Wildman–Crippen MR) is 92.8 cm³/mol. The van der Waals surface area contributed by atoms with Gasteiger partial charge in [-0.1, -0.05) is 18.5 Å². The van der Waals surface area contributed by atoms with Gasteiger partial charge in [-0.2, -0.15) is 5.26 Å². The molecule has 5 nitrogen and oxygen atoms in total. The molecule has 0 saturated carbocycles. The highest BCUT2D eigenvalue weighted by Crippen LogP contribution is 2.25. The minimum absolute atomic E-state index is 0.0817. The number of piperidine rings is 1. The molecule has 122 valence electrons. The zero-order valence-corrected chi connectivity index (χ0v) is 13.9. The number of benzene rings is 1. The van der Waals surface area contributed by atoms with Crippen LogP contribution in [0.2, 0.25) is 5.02 Å². The molecule has 6 heteroatoms. The predicted octanol–water partition coefficient (Wildman–Crippen LogP) is 3.53. The number of anilines is 2. The molecule has 1 fully saturated rings. The molecule has 1 aliphatic heterocycles. The molecular weight excluding hydrogens is 312 g/mol. The Morgan fingerprint density at radius 2 is 2.35 bits per heavy atom. The van der Waals surface area contributed by atoms with Crippen LogP contribution in [0.1, 0.15) is 32.6 Å². The maximum atomic E-state index is 12.3. The standard InChI is InChI=1S/C17H21ClN4O/c1-2-14-5-3-4-8-22(14)11-12(10-19)17(23)21-16-7-6-13(20)9-15(16)18/h6-7,9,11,14H,2-5,8,20H2,1H3,(H,21,23)/b12-11-. The molecular formula is C17H21ClN4O. The first-order chi connectivity index (χ1) is 11.0. The van der Waals surface area contributed by atoms with Crippen LogP contribution >= 0.6 is 11.6 Å². The van der Waals surface area contributed by atoms with Gasteiger partial charge >= 0.3 is 0 Å². The van der Waals surface area contributed by atoms with Crippen LogP contribution in [0.25, 0.3) is 0 Å². The van der Waals surface area contributed by atoms with Crippen molar-refractivity contribution >= 4 is 28.9 Å². The van der Waals surface area contributed by atoms with Crippen LogP contribution < -0.4 is 11.1 Å². The van der Waals surface area contributed by atoms with Gasteiger partial charge < -0.3 is 16.0 Å². The van der Waals surface area contributed by atoms with E-state index >= 15 is 0 Å². The number of amides is 1. The number of nitrogens with zero attached hydrogens (tertiary/aromatic N) is 2. The van der Waals surface area contributed by atoms with E-state index in [-0.39, 0.29) is 5.57 Å². The van der Waals surface area contributed by atoms with Crippen LogP contribution in [-0.2, 0) is 4.79 Å². The van der Waals surface area contributed by atoms with Crippen molar-refractivity contribution in [3.63, 3.8) is 0 Å². The first-order valence-corrected chi connectivity index (χ1v) is 8.17.